The molecule has 0 radical (unpaired) electrons. The summed E-state index contributed by atoms with van der Waals surface area (Å²) in [7, 11) is 4.48. The van der Waals surface area contributed by atoms with Gasteiger partial charge in [0.2, 0.25) is 17.6 Å². The minimum absolute atomic E-state index is 0.103. The number of carbonyl (C=O) groups is 2. The Hall–Kier alpha value is -2.44. The minimum Gasteiger partial charge on any atom is -0.493 e. The molecule has 0 spiro atoms. The zero-order valence-electron chi connectivity index (χ0n) is 13.5. The van der Waals surface area contributed by atoms with E-state index in [0.717, 1.165) is 0 Å². The van der Waals surface area contributed by atoms with Crippen LogP contribution in [0, 0.1) is 5.92 Å². The number of methoxy groups -OCH3 is 3. The number of hydrogen-bond acceptors (Lipinski definition) is 5. The summed E-state index contributed by atoms with van der Waals surface area (Å²) in [6.07, 6.45) is 0. The molecule has 0 aliphatic heterocycles. The maximum Gasteiger partial charge on any atom is 0.243 e. The van der Waals surface area contributed by atoms with Crippen molar-refractivity contribution in [2.45, 2.75) is 13.8 Å². The van der Waals surface area contributed by atoms with E-state index < -0.39 is 0 Å². The second kappa shape index (κ2) is 8.11. The van der Waals surface area contributed by atoms with Crippen molar-refractivity contribution in [1.29, 1.82) is 0 Å². The summed E-state index contributed by atoms with van der Waals surface area (Å²) < 4.78 is 15.6. The van der Waals surface area contributed by atoms with Crippen molar-refractivity contribution in [2.75, 3.05) is 33.2 Å². The molecule has 0 aliphatic rings. The van der Waals surface area contributed by atoms with Gasteiger partial charge in [-0.15, -0.1) is 0 Å². The summed E-state index contributed by atoms with van der Waals surface area (Å²) >= 11 is 0. The van der Waals surface area contributed by atoms with Gasteiger partial charge in [-0.3, -0.25) is 9.59 Å². The Balaban J connectivity index is 2.81. The van der Waals surface area contributed by atoms with Crippen molar-refractivity contribution in [3.05, 3.63) is 12.1 Å². The number of carbonyl (C=O) groups excluding carboxylic acids is 2. The highest BCUT2D eigenvalue weighted by molar-refractivity contribution is 5.95. The standard InChI is InChI=1S/C15H22N2O5/c1-9(2)15(19)16-8-13(18)17-10-6-11(20-3)14(22-5)12(7-10)21-4/h6-7,9H,8H2,1-5H3,(H,16,19)(H,17,18). The van der Waals surface area contributed by atoms with Gasteiger partial charge in [-0.1, -0.05) is 13.8 Å². The number of ether oxygens (including phenoxy) is 3. The van der Waals surface area contributed by atoms with Gasteiger partial charge in [-0.05, 0) is 0 Å². The van der Waals surface area contributed by atoms with Crippen LogP contribution < -0.4 is 24.8 Å². The number of benzene rings is 1. The van der Waals surface area contributed by atoms with E-state index in [-0.39, 0.29) is 24.3 Å². The Kier molecular flexibility index (Phi) is 6.49. The molecular weight excluding hydrogens is 288 g/mol. The molecule has 1 rings (SSSR count). The van der Waals surface area contributed by atoms with Gasteiger partial charge in [0.15, 0.2) is 11.5 Å². The van der Waals surface area contributed by atoms with Crippen molar-refractivity contribution in [3.8, 4) is 17.2 Å². The summed E-state index contributed by atoms with van der Waals surface area (Å²) in [5.41, 5.74) is 0.485. The molecule has 0 bridgehead atoms. The third-order valence-corrected chi connectivity index (χ3v) is 2.90. The van der Waals surface area contributed by atoms with Crippen LogP contribution in [-0.2, 0) is 9.59 Å². The lowest BCUT2D eigenvalue weighted by molar-refractivity contribution is -0.126. The number of rotatable bonds is 7. The molecule has 0 saturated heterocycles. The summed E-state index contributed by atoms with van der Waals surface area (Å²) in [5, 5.41) is 5.21. The van der Waals surface area contributed by atoms with E-state index in [1.54, 1.807) is 26.0 Å². The van der Waals surface area contributed by atoms with Crippen LogP contribution in [0.2, 0.25) is 0 Å². The van der Waals surface area contributed by atoms with E-state index in [4.69, 9.17) is 14.2 Å². The first kappa shape index (κ1) is 17.6. The van der Waals surface area contributed by atoms with Gasteiger partial charge >= 0.3 is 0 Å². The van der Waals surface area contributed by atoms with E-state index in [1.807, 2.05) is 0 Å². The van der Waals surface area contributed by atoms with Crippen LogP contribution in [-0.4, -0.2) is 39.7 Å². The largest absolute Gasteiger partial charge is 0.493 e. The first-order valence-corrected chi connectivity index (χ1v) is 6.80. The highest BCUT2D eigenvalue weighted by atomic mass is 16.5. The molecule has 0 aliphatic carbocycles. The van der Waals surface area contributed by atoms with Crippen LogP contribution in [0.1, 0.15) is 13.8 Å². The Labute approximate surface area is 129 Å². The van der Waals surface area contributed by atoms with Crippen molar-refractivity contribution in [2.24, 2.45) is 5.92 Å². The molecule has 2 amide bonds. The smallest absolute Gasteiger partial charge is 0.243 e. The van der Waals surface area contributed by atoms with E-state index in [2.05, 4.69) is 10.6 Å². The van der Waals surface area contributed by atoms with E-state index in [1.165, 1.54) is 21.3 Å². The topological polar surface area (TPSA) is 85.9 Å². The van der Waals surface area contributed by atoms with Gasteiger partial charge < -0.3 is 24.8 Å². The normalized spacial score (nSPS) is 10.1. The third kappa shape index (κ3) is 4.54. The quantitative estimate of drug-likeness (QED) is 0.795. The molecule has 0 heterocycles. The Morgan fingerprint density at radius 1 is 1.05 bits per heavy atom. The number of amides is 2. The van der Waals surface area contributed by atoms with Crippen LogP contribution in [0.4, 0.5) is 5.69 Å². The fraction of sp³-hybridized carbons (Fsp3) is 0.467. The number of hydrogen-bond donors (Lipinski definition) is 2. The van der Waals surface area contributed by atoms with Gasteiger partial charge in [0.25, 0.3) is 0 Å². The average Bonchev–Trinajstić information content (AvgIpc) is 2.51. The first-order chi connectivity index (χ1) is 10.4. The summed E-state index contributed by atoms with van der Waals surface area (Å²) in [4.78, 5) is 23.3. The first-order valence-electron chi connectivity index (χ1n) is 6.80. The van der Waals surface area contributed by atoms with Gasteiger partial charge in [0.05, 0.1) is 27.9 Å². The van der Waals surface area contributed by atoms with Crippen molar-refractivity contribution in [3.63, 3.8) is 0 Å². The predicted octanol–water partition coefficient (Wildman–Crippen LogP) is 1.42. The Morgan fingerprint density at radius 2 is 1.59 bits per heavy atom. The van der Waals surface area contributed by atoms with Crippen LogP contribution in [0.25, 0.3) is 0 Å². The monoisotopic (exact) mass is 310 g/mol. The average molecular weight is 310 g/mol. The molecule has 0 aromatic heterocycles. The fourth-order valence-electron chi connectivity index (χ4n) is 1.73. The van der Waals surface area contributed by atoms with Crippen LogP contribution >= 0.6 is 0 Å². The highest BCUT2D eigenvalue weighted by Crippen LogP contribution is 2.39. The van der Waals surface area contributed by atoms with Gasteiger partial charge in [0.1, 0.15) is 0 Å². The van der Waals surface area contributed by atoms with Crippen LogP contribution in [0.15, 0.2) is 12.1 Å². The summed E-state index contributed by atoms with van der Waals surface area (Å²) in [6, 6.07) is 3.23. The van der Waals surface area contributed by atoms with E-state index in [9.17, 15) is 9.59 Å². The molecule has 0 saturated carbocycles. The molecular formula is C15H22N2O5. The SMILES string of the molecule is COc1cc(NC(=O)CNC(=O)C(C)C)cc(OC)c1OC. The molecule has 0 atom stereocenters. The second-order valence-corrected chi connectivity index (χ2v) is 4.83. The zero-order valence-corrected chi connectivity index (χ0v) is 13.5. The molecule has 22 heavy (non-hydrogen) atoms. The molecule has 7 nitrogen and oxygen atoms in total. The lowest BCUT2D eigenvalue weighted by atomic mass is 10.2. The van der Waals surface area contributed by atoms with Gasteiger partial charge in [-0.25, -0.2) is 0 Å². The van der Waals surface area contributed by atoms with E-state index in [0.29, 0.717) is 22.9 Å². The predicted molar refractivity (Wildman–Crippen MR) is 82.6 cm³/mol. The van der Waals surface area contributed by atoms with Crippen LogP contribution in [0.3, 0.4) is 0 Å². The molecule has 122 valence electrons. The molecule has 1 aromatic carbocycles. The van der Waals surface area contributed by atoms with Crippen molar-refractivity contribution in [1.82, 2.24) is 5.32 Å². The zero-order chi connectivity index (χ0) is 16.7. The highest BCUT2D eigenvalue weighted by Gasteiger charge is 2.15. The van der Waals surface area contributed by atoms with Crippen molar-refractivity contribution < 1.29 is 23.8 Å². The fourth-order valence-corrected chi connectivity index (χ4v) is 1.73. The summed E-state index contributed by atoms with van der Waals surface area (Å²) in [5.74, 6) is 0.611. The molecule has 7 heteroatoms. The third-order valence-electron chi connectivity index (χ3n) is 2.90. The molecule has 0 fully saturated rings. The number of anilines is 1. The van der Waals surface area contributed by atoms with Crippen molar-refractivity contribution >= 4 is 17.5 Å². The Morgan fingerprint density at radius 3 is 2.00 bits per heavy atom. The maximum absolute atomic E-state index is 11.9. The molecule has 2 N–H and O–H groups in total. The summed E-state index contributed by atoms with van der Waals surface area (Å²) in [6.45, 7) is 3.41. The Bertz CT molecular complexity index is 518. The number of nitrogens with one attached hydrogen (secondary N) is 2. The van der Waals surface area contributed by atoms with Gasteiger partial charge in [-0.2, -0.15) is 0 Å². The van der Waals surface area contributed by atoms with Crippen LogP contribution in [0.5, 0.6) is 17.2 Å². The molecule has 1 aromatic rings. The lowest BCUT2D eigenvalue weighted by Crippen LogP contribution is -2.35. The maximum atomic E-state index is 11.9. The molecule has 0 unspecified atom stereocenters. The lowest BCUT2D eigenvalue weighted by Gasteiger charge is -2.15. The van der Waals surface area contributed by atoms with E-state index >= 15 is 0 Å². The second-order valence-electron chi connectivity index (χ2n) is 4.83. The minimum atomic E-state index is -0.344. The van der Waals surface area contributed by atoms with Gasteiger partial charge in [0, 0.05) is 23.7 Å².